The van der Waals surface area contributed by atoms with E-state index in [1.165, 1.54) is 11.3 Å². The predicted octanol–water partition coefficient (Wildman–Crippen LogP) is 2.76. The monoisotopic (exact) mass is 257 g/mol. The van der Waals surface area contributed by atoms with Crippen molar-refractivity contribution < 1.29 is 9.84 Å². The fourth-order valence-corrected chi connectivity index (χ4v) is 3.09. The van der Waals surface area contributed by atoms with Gasteiger partial charge >= 0.3 is 0 Å². The summed E-state index contributed by atoms with van der Waals surface area (Å²) in [6.07, 6.45) is 0.374. The molecule has 1 atom stereocenters. The van der Waals surface area contributed by atoms with Crippen molar-refractivity contribution in [3.8, 4) is 6.07 Å². The molecule has 0 amide bonds. The summed E-state index contributed by atoms with van der Waals surface area (Å²) in [6, 6.07) is 5.79. The third-order valence-corrected chi connectivity index (χ3v) is 4.28. The molecular weight excluding hydrogens is 246 g/mol. The SMILES string of the molecule is N#CC1(C(O)c2ccc(Cl)s2)CCOCC1. The van der Waals surface area contributed by atoms with E-state index in [2.05, 4.69) is 6.07 Å². The maximum Gasteiger partial charge on any atom is 0.107 e. The van der Waals surface area contributed by atoms with Crippen LogP contribution in [0.2, 0.25) is 4.34 Å². The van der Waals surface area contributed by atoms with Crippen LogP contribution in [-0.2, 0) is 4.74 Å². The first-order chi connectivity index (χ1) is 7.68. The molecule has 1 aromatic heterocycles. The van der Waals surface area contributed by atoms with Gasteiger partial charge in [-0.2, -0.15) is 5.26 Å². The second-order valence-electron chi connectivity index (χ2n) is 3.92. The van der Waals surface area contributed by atoms with Crippen molar-refractivity contribution in [2.45, 2.75) is 18.9 Å². The Kier molecular flexibility index (Phi) is 3.50. The lowest BCUT2D eigenvalue weighted by atomic mass is 9.76. The molecule has 0 saturated carbocycles. The van der Waals surface area contributed by atoms with Crippen LogP contribution in [0.1, 0.15) is 23.8 Å². The number of rotatable bonds is 2. The third kappa shape index (κ3) is 2.09. The van der Waals surface area contributed by atoms with Crippen LogP contribution in [0.25, 0.3) is 0 Å². The highest BCUT2D eigenvalue weighted by Crippen LogP contribution is 2.44. The van der Waals surface area contributed by atoms with Crippen molar-refractivity contribution >= 4 is 22.9 Å². The summed E-state index contributed by atoms with van der Waals surface area (Å²) in [4.78, 5) is 0.758. The van der Waals surface area contributed by atoms with Gasteiger partial charge in [0.15, 0.2) is 0 Å². The van der Waals surface area contributed by atoms with Crippen LogP contribution in [0.15, 0.2) is 12.1 Å². The first kappa shape index (κ1) is 11.9. The van der Waals surface area contributed by atoms with Gasteiger partial charge in [-0.1, -0.05) is 11.6 Å². The van der Waals surface area contributed by atoms with Gasteiger partial charge in [0.25, 0.3) is 0 Å². The molecule has 2 rings (SSSR count). The van der Waals surface area contributed by atoms with E-state index in [-0.39, 0.29) is 0 Å². The molecule has 0 spiro atoms. The molecule has 1 aromatic rings. The smallest absolute Gasteiger partial charge is 0.107 e. The van der Waals surface area contributed by atoms with Gasteiger partial charge < -0.3 is 9.84 Å². The fourth-order valence-electron chi connectivity index (χ4n) is 1.93. The topological polar surface area (TPSA) is 53.2 Å². The molecule has 2 heterocycles. The predicted molar refractivity (Wildman–Crippen MR) is 62.4 cm³/mol. The summed E-state index contributed by atoms with van der Waals surface area (Å²) in [5, 5.41) is 19.6. The van der Waals surface area contributed by atoms with Crippen LogP contribution in [0.4, 0.5) is 0 Å². The summed E-state index contributed by atoms with van der Waals surface area (Å²) in [6.45, 7) is 1.06. The summed E-state index contributed by atoms with van der Waals surface area (Å²) in [5.74, 6) is 0. The number of hydrogen-bond acceptors (Lipinski definition) is 4. The van der Waals surface area contributed by atoms with Crippen LogP contribution in [-0.4, -0.2) is 18.3 Å². The van der Waals surface area contributed by atoms with Crippen molar-refractivity contribution in [3.63, 3.8) is 0 Å². The minimum absolute atomic E-state index is 0.531. The van der Waals surface area contributed by atoms with Gasteiger partial charge in [-0.15, -0.1) is 11.3 Å². The number of thiophene rings is 1. The molecule has 5 heteroatoms. The highest BCUT2D eigenvalue weighted by atomic mass is 35.5. The summed E-state index contributed by atoms with van der Waals surface area (Å²) in [7, 11) is 0. The third-order valence-electron chi connectivity index (χ3n) is 2.99. The zero-order valence-corrected chi connectivity index (χ0v) is 10.2. The number of hydrogen-bond donors (Lipinski definition) is 1. The quantitative estimate of drug-likeness (QED) is 0.886. The molecule has 0 bridgehead atoms. The Balaban J connectivity index is 2.24. The van der Waals surface area contributed by atoms with Crippen molar-refractivity contribution in [2.75, 3.05) is 13.2 Å². The maximum atomic E-state index is 10.3. The van der Waals surface area contributed by atoms with E-state index in [0.29, 0.717) is 30.4 Å². The average molecular weight is 258 g/mol. The highest BCUT2D eigenvalue weighted by Gasteiger charge is 2.41. The number of ether oxygens (including phenoxy) is 1. The number of nitrogens with zero attached hydrogens (tertiary/aromatic N) is 1. The molecule has 16 heavy (non-hydrogen) atoms. The van der Waals surface area contributed by atoms with E-state index in [0.717, 1.165) is 4.88 Å². The lowest BCUT2D eigenvalue weighted by molar-refractivity contribution is -0.0295. The van der Waals surface area contributed by atoms with E-state index in [1.54, 1.807) is 12.1 Å². The first-order valence-corrected chi connectivity index (χ1v) is 6.30. The van der Waals surface area contributed by atoms with Crippen molar-refractivity contribution in [1.82, 2.24) is 0 Å². The Morgan fingerprint density at radius 3 is 2.69 bits per heavy atom. The van der Waals surface area contributed by atoms with E-state index in [9.17, 15) is 10.4 Å². The number of aliphatic hydroxyl groups excluding tert-OH is 1. The lowest BCUT2D eigenvalue weighted by Crippen LogP contribution is -2.33. The molecule has 1 aliphatic rings. The molecule has 1 unspecified atom stereocenters. The molecule has 1 saturated heterocycles. The zero-order chi connectivity index (χ0) is 11.6. The van der Waals surface area contributed by atoms with Gasteiger partial charge in [0.2, 0.25) is 0 Å². The van der Waals surface area contributed by atoms with Crippen LogP contribution >= 0.6 is 22.9 Å². The maximum absolute atomic E-state index is 10.3. The zero-order valence-electron chi connectivity index (χ0n) is 8.65. The Morgan fingerprint density at radius 1 is 1.50 bits per heavy atom. The molecular formula is C11H12ClNO2S. The minimum Gasteiger partial charge on any atom is -0.386 e. The Labute approximate surface area is 103 Å². The lowest BCUT2D eigenvalue weighted by Gasteiger charge is -2.34. The van der Waals surface area contributed by atoms with E-state index >= 15 is 0 Å². The van der Waals surface area contributed by atoms with Crippen LogP contribution < -0.4 is 0 Å². The fraction of sp³-hybridized carbons (Fsp3) is 0.545. The second kappa shape index (κ2) is 4.72. The van der Waals surface area contributed by atoms with E-state index in [1.807, 2.05) is 0 Å². The van der Waals surface area contributed by atoms with Gasteiger partial charge in [-0.05, 0) is 25.0 Å². The Hall–Kier alpha value is -0.600. The normalized spacial score (nSPS) is 21.3. The highest BCUT2D eigenvalue weighted by molar-refractivity contribution is 7.16. The van der Waals surface area contributed by atoms with Crippen molar-refractivity contribution in [2.24, 2.45) is 5.41 Å². The van der Waals surface area contributed by atoms with Crippen molar-refractivity contribution in [3.05, 3.63) is 21.3 Å². The van der Waals surface area contributed by atoms with Gasteiger partial charge in [0.1, 0.15) is 6.10 Å². The molecule has 0 aliphatic carbocycles. The van der Waals surface area contributed by atoms with Gasteiger partial charge in [-0.25, -0.2) is 0 Å². The second-order valence-corrected chi connectivity index (χ2v) is 5.67. The minimum atomic E-state index is -0.765. The standard InChI is InChI=1S/C11H12ClNO2S/c12-9-2-1-8(16-9)10(14)11(7-13)3-5-15-6-4-11/h1-2,10,14H,3-6H2. The summed E-state index contributed by atoms with van der Waals surface area (Å²) < 4.78 is 5.87. The van der Waals surface area contributed by atoms with Gasteiger partial charge in [0.05, 0.1) is 15.8 Å². The average Bonchev–Trinajstić information content (AvgIpc) is 2.76. The molecule has 1 fully saturated rings. The van der Waals surface area contributed by atoms with Gasteiger partial charge in [-0.3, -0.25) is 0 Å². The number of halogens is 1. The van der Waals surface area contributed by atoms with Crippen LogP contribution in [0.3, 0.4) is 0 Å². The van der Waals surface area contributed by atoms with E-state index < -0.39 is 11.5 Å². The first-order valence-electron chi connectivity index (χ1n) is 5.10. The number of aliphatic hydroxyl groups is 1. The van der Waals surface area contributed by atoms with Crippen LogP contribution in [0, 0.1) is 16.7 Å². The molecule has 1 N–H and O–H groups in total. The molecule has 3 nitrogen and oxygen atoms in total. The van der Waals surface area contributed by atoms with Crippen LogP contribution in [0.5, 0.6) is 0 Å². The molecule has 0 aromatic carbocycles. The van der Waals surface area contributed by atoms with Crippen molar-refractivity contribution in [1.29, 1.82) is 5.26 Å². The molecule has 86 valence electrons. The van der Waals surface area contributed by atoms with E-state index in [4.69, 9.17) is 16.3 Å². The van der Waals surface area contributed by atoms with Gasteiger partial charge in [0, 0.05) is 18.1 Å². The molecule has 0 radical (unpaired) electrons. The summed E-state index contributed by atoms with van der Waals surface area (Å²) in [5.41, 5.74) is -0.716. The Bertz CT molecular complexity index is 406. The number of nitriles is 1. The largest absolute Gasteiger partial charge is 0.386 e. The molecule has 1 aliphatic heterocycles. The Morgan fingerprint density at radius 2 is 2.19 bits per heavy atom. The summed E-state index contributed by atoms with van der Waals surface area (Å²) >= 11 is 7.16.